The van der Waals surface area contributed by atoms with E-state index in [-0.39, 0.29) is 0 Å². The summed E-state index contributed by atoms with van der Waals surface area (Å²) in [6.07, 6.45) is 2.58. The number of nitrogens with two attached hydrogens (primary N) is 1. The third-order valence-corrected chi connectivity index (χ3v) is 3.03. The second-order valence-corrected chi connectivity index (χ2v) is 4.54. The van der Waals surface area contributed by atoms with E-state index in [9.17, 15) is 0 Å². The Morgan fingerprint density at radius 3 is 2.41 bits per heavy atom. The van der Waals surface area contributed by atoms with Crippen molar-refractivity contribution >= 4 is 0 Å². The number of aryl methyl sites for hydroxylation is 3. The molecule has 0 atom stereocenters. The number of benzene rings is 1. The lowest BCUT2D eigenvalue weighted by Gasteiger charge is -2.11. The van der Waals surface area contributed by atoms with Crippen molar-refractivity contribution in [1.29, 1.82) is 0 Å². The van der Waals surface area contributed by atoms with E-state index in [1.807, 2.05) is 0 Å². The molecule has 0 saturated carbocycles. The number of imidazole rings is 1. The van der Waals surface area contributed by atoms with Gasteiger partial charge in [0.1, 0.15) is 0 Å². The fourth-order valence-electron chi connectivity index (χ4n) is 2.42. The topological polar surface area (TPSA) is 54.7 Å². The molecule has 0 saturated heterocycles. The molecule has 17 heavy (non-hydrogen) atoms. The molecule has 90 valence electrons. The lowest BCUT2D eigenvalue weighted by Crippen LogP contribution is -2.04. The highest BCUT2D eigenvalue weighted by atomic mass is 14.9. The number of aromatic nitrogens is 2. The Balaban J connectivity index is 2.56. The molecule has 1 aromatic heterocycles. The molecule has 0 fully saturated rings. The van der Waals surface area contributed by atoms with Crippen LogP contribution >= 0.6 is 0 Å². The lowest BCUT2D eigenvalue weighted by molar-refractivity contribution is 0.936. The summed E-state index contributed by atoms with van der Waals surface area (Å²) in [7, 11) is 0. The van der Waals surface area contributed by atoms with Crippen molar-refractivity contribution in [1.82, 2.24) is 9.97 Å². The van der Waals surface area contributed by atoms with Gasteiger partial charge in [-0.3, -0.25) is 0 Å². The number of aromatic amines is 1. The van der Waals surface area contributed by atoms with Crippen LogP contribution in [-0.4, -0.2) is 16.5 Å². The van der Waals surface area contributed by atoms with E-state index >= 15 is 0 Å². The van der Waals surface area contributed by atoms with Crippen LogP contribution < -0.4 is 5.73 Å². The van der Waals surface area contributed by atoms with E-state index in [0.29, 0.717) is 6.54 Å². The third-order valence-electron chi connectivity index (χ3n) is 3.03. The molecule has 0 unspecified atom stereocenters. The van der Waals surface area contributed by atoms with Crippen LogP contribution in [0.4, 0.5) is 0 Å². The van der Waals surface area contributed by atoms with Gasteiger partial charge < -0.3 is 10.7 Å². The molecule has 0 amide bonds. The molecule has 0 aliphatic carbocycles. The van der Waals surface area contributed by atoms with Crippen LogP contribution in [0.25, 0.3) is 11.3 Å². The highest BCUT2D eigenvalue weighted by molar-refractivity contribution is 5.70. The second-order valence-electron chi connectivity index (χ2n) is 4.54. The first kappa shape index (κ1) is 11.9. The number of hydrogen-bond acceptors (Lipinski definition) is 2. The number of nitrogens with one attached hydrogen (secondary N) is 1. The van der Waals surface area contributed by atoms with E-state index in [0.717, 1.165) is 17.8 Å². The smallest absolute Gasteiger partial charge is 0.0929 e. The Bertz CT molecular complexity index is 503. The van der Waals surface area contributed by atoms with Crippen molar-refractivity contribution in [3.8, 4) is 11.3 Å². The molecule has 0 aliphatic rings. The van der Waals surface area contributed by atoms with Crippen LogP contribution in [0.5, 0.6) is 0 Å². The van der Waals surface area contributed by atoms with Gasteiger partial charge >= 0.3 is 0 Å². The first-order valence-electron chi connectivity index (χ1n) is 5.94. The van der Waals surface area contributed by atoms with Crippen LogP contribution in [0.15, 0.2) is 18.5 Å². The van der Waals surface area contributed by atoms with Crippen LogP contribution in [-0.2, 0) is 6.42 Å². The predicted molar refractivity (Wildman–Crippen MR) is 71.0 cm³/mol. The maximum absolute atomic E-state index is 5.62. The fraction of sp³-hybridized carbons (Fsp3) is 0.357. The summed E-state index contributed by atoms with van der Waals surface area (Å²) in [5.74, 6) is 0. The summed E-state index contributed by atoms with van der Waals surface area (Å²) in [5.41, 5.74) is 12.9. The molecule has 1 aromatic carbocycles. The van der Waals surface area contributed by atoms with Crippen LogP contribution in [0, 0.1) is 20.8 Å². The Morgan fingerprint density at radius 2 is 1.82 bits per heavy atom. The average Bonchev–Trinajstić information content (AvgIpc) is 2.65. The first-order chi connectivity index (χ1) is 8.13. The second kappa shape index (κ2) is 4.72. The number of nitrogens with zero attached hydrogens (tertiary/aromatic N) is 1. The van der Waals surface area contributed by atoms with Gasteiger partial charge in [0.05, 0.1) is 12.0 Å². The highest BCUT2D eigenvalue weighted by Gasteiger charge is 2.12. The van der Waals surface area contributed by atoms with Gasteiger partial charge in [-0.1, -0.05) is 17.7 Å². The van der Waals surface area contributed by atoms with Crippen molar-refractivity contribution < 1.29 is 0 Å². The third kappa shape index (κ3) is 2.24. The molecule has 0 aliphatic heterocycles. The molecular weight excluding hydrogens is 210 g/mol. The largest absolute Gasteiger partial charge is 0.348 e. The molecule has 0 spiro atoms. The zero-order valence-electron chi connectivity index (χ0n) is 10.7. The van der Waals surface area contributed by atoms with Gasteiger partial charge in [0.2, 0.25) is 0 Å². The predicted octanol–water partition coefficient (Wildman–Crippen LogP) is 2.50. The Kier molecular flexibility index (Phi) is 3.29. The van der Waals surface area contributed by atoms with Crippen LogP contribution in [0.2, 0.25) is 0 Å². The van der Waals surface area contributed by atoms with E-state index in [1.54, 1.807) is 6.33 Å². The van der Waals surface area contributed by atoms with E-state index < -0.39 is 0 Å². The van der Waals surface area contributed by atoms with Crippen molar-refractivity contribution in [3.05, 3.63) is 40.8 Å². The van der Waals surface area contributed by atoms with Gasteiger partial charge in [-0.15, -0.1) is 0 Å². The summed E-state index contributed by atoms with van der Waals surface area (Å²) in [6, 6.07) is 4.40. The van der Waals surface area contributed by atoms with E-state index in [1.165, 1.54) is 22.3 Å². The molecule has 1 heterocycles. The number of hydrogen-bond donors (Lipinski definition) is 2. The summed E-state index contributed by atoms with van der Waals surface area (Å²) in [5, 5.41) is 0. The van der Waals surface area contributed by atoms with E-state index in [2.05, 4.69) is 42.9 Å². The Hall–Kier alpha value is -1.61. The summed E-state index contributed by atoms with van der Waals surface area (Å²) in [6.45, 7) is 7.03. The minimum atomic E-state index is 0.638. The van der Waals surface area contributed by atoms with Gasteiger partial charge in [-0.2, -0.15) is 0 Å². The molecule has 0 bridgehead atoms. The van der Waals surface area contributed by atoms with Gasteiger partial charge in [0.15, 0.2) is 0 Å². The van der Waals surface area contributed by atoms with Gasteiger partial charge in [0, 0.05) is 17.7 Å². The first-order valence-corrected chi connectivity index (χ1v) is 5.94. The maximum Gasteiger partial charge on any atom is 0.0929 e. The summed E-state index contributed by atoms with van der Waals surface area (Å²) in [4.78, 5) is 7.63. The van der Waals surface area contributed by atoms with Gasteiger partial charge in [-0.25, -0.2) is 4.98 Å². The maximum atomic E-state index is 5.62. The van der Waals surface area contributed by atoms with Gasteiger partial charge in [-0.05, 0) is 38.4 Å². The standard InChI is InChI=1S/C14H19N3/c1-9-6-10(2)13(11(3)7-9)14-12(4-5-15)16-8-17-14/h6-8H,4-5,15H2,1-3H3,(H,16,17). The van der Waals surface area contributed by atoms with Crippen LogP contribution in [0.1, 0.15) is 22.4 Å². The number of rotatable bonds is 3. The zero-order chi connectivity index (χ0) is 12.4. The SMILES string of the molecule is Cc1cc(C)c(-c2nc[nH]c2CCN)c(C)c1. The normalized spacial score (nSPS) is 10.8. The van der Waals surface area contributed by atoms with Crippen LogP contribution in [0.3, 0.4) is 0 Å². The summed E-state index contributed by atoms with van der Waals surface area (Å²) < 4.78 is 0. The molecule has 2 rings (SSSR count). The lowest BCUT2D eigenvalue weighted by atomic mass is 9.96. The highest BCUT2D eigenvalue weighted by Crippen LogP contribution is 2.28. The fourth-order valence-corrected chi connectivity index (χ4v) is 2.42. The van der Waals surface area contributed by atoms with E-state index in [4.69, 9.17) is 5.73 Å². The molecular formula is C14H19N3. The summed E-state index contributed by atoms with van der Waals surface area (Å²) >= 11 is 0. The average molecular weight is 229 g/mol. The molecule has 3 N–H and O–H groups in total. The minimum absolute atomic E-state index is 0.638. The van der Waals surface area contributed by atoms with Crippen molar-refractivity contribution in [3.63, 3.8) is 0 Å². The quantitative estimate of drug-likeness (QED) is 0.849. The number of H-pyrrole nitrogens is 1. The molecule has 3 heteroatoms. The molecule has 2 aromatic rings. The van der Waals surface area contributed by atoms with Crippen molar-refractivity contribution in [2.75, 3.05) is 6.54 Å². The monoisotopic (exact) mass is 229 g/mol. The van der Waals surface area contributed by atoms with Gasteiger partial charge in [0.25, 0.3) is 0 Å². The Labute approximate surface area is 102 Å². The molecule has 0 radical (unpaired) electrons. The minimum Gasteiger partial charge on any atom is -0.348 e. The zero-order valence-corrected chi connectivity index (χ0v) is 10.7. The van der Waals surface area contributed by atoms with Crippen molar-refractivity contribution in [2.45, 2.75) is 27.2 Å². The Morgan fingerprint density at radius 1 is 1.18 bits per heavy atom. The molecule has 3 nitrogen and oxygen atoms in total. The van der Waals surface area contributed by atoms with Crippen molar-refractivity contribution in [2.24, 2.45) is 5.73 Å².